The van der Waals surface area contributed by atoms with Crippen molar-refractivity contribution in [1.29, 1.82) is 0 Å². The van der Waals surface area contributed by atoms with E-state index in [1.807, 2.05) is 6.92 Å². The van der Waals surface area contributed by atoms with E-state index >= 15 is 0 Å². The molecule has 2 rings (SSSR count). The van der Waals surface area contributed by atoms with E-state index in [-0.39, 0.29) is 17.4 Å². The van der Waals surface area contributed by atoms with Crippen molar-refractivity contribution in [3.8, 4) is 5.75 Å². The van der Waals surface area contributed by atoms with Gasteiger partial charge < -0.3 is 4.74 Å². The number of ether oxygens (including phenoxy) is 1. The summed E-state index contributed by atoms with van der Waals surface area (Å²) in [7, 11) is 1.51. The molecule has 0 aromatic heterocycles. The number of nitro benzene ring substituents is 1. The molecule has 0 aliphatic heterocycles. The monoisotopic (exact) mass is 261 g/mol. The highest BCUT2D eigenvalue weighted by atomic mass is 16.6. The lowest BCUT2D eigenvalue weighted by Crippen LogP contribution is -2.11. The average molecular weight is 261 g/mol. The molecular weight excluding hydrogens is 246 g/mol. The van der Waals surface area contributed by atoms with Gasteiger partial charge in [0.2, 0.25) is 0 Å². The lowest BCUT2D eigenvalue weighted by molar-refractivity contribution is -0.385. The van der Waals surface area contributed by atoms with Crippen LogP contribution < -0.4 is 4.74 Å². The van der Waals surface area contributed by atoms with Crippen molar-refractivity contribution in [2.45, 2.75) is 19.8 Å². The first-order valence-corrected chi connectivity index (χ1v) is 6.07. The molecule has 1 aliphatic carbocycles. The minimum absolute atomic E-state index is 0.00829. The van der Waals surface area contributed by atoms with Crippen molar-refractivity contribution >= 4 is 17.0 Å². The van der Waals surface area contributed by atoms with Gasteiger partial charge in [-0.05, 0) is 36.1 Å². The number of methoxy groups -OCH3 is 1. The number of carbonyl (C=O) groups excluding carboxylic acids is 1. The maximum Gasteiger partial charge on any atom is 0.277 e. The second-order valence-electron chi connectivity index (χ2n) is 4.79. The molecule has 1 aliphatic rings. The quantitative estimate of drug-likeness (QED) is 0.619. The Hall–Kier alpha value is -2.17. The van der Waals surface area contributed by atoms with Crippen LogP contribution in [-0.4, -0.2) is 17.8 Å². The van der Waals surface area contributed by atoms with Gasteiger partial charge in [-0.1, -0.05) is 6.92 Å². The van der Waals surface area contributed by atoms with Crippen LogP contribution in [0.25, 0.3) is 5.57 Å². The van der Waals surface area contributed by atoms with Gasteiger partial charge in [0.1, 0.15) is 5.75 Å². The van der Waals surface area contributed by atoms with Crippen molar-refractivity contribution in [1.82, 2.24) is 0 Å². The SMILES string of the molecule is COc1ccc([N+](=O)[O-])c(C2=CC(=O)CC(C)C2)c1. The Balaban J connectivity index is 2.53. The predicted octanol–water partition coefficient (Wildman–Crippen LogP) is 2.99. The Morgan fingerprint density at radius 3 is 2.68 bits per heavy atom. The third-order valence-electron chi connectivity index (χ3n) is 3.20. The minimum Gasteiger partial charge on any atom is -0.497 e. The number of ketones is 1. The molecule has 1 aromatic carbocycles. The molecule has 19 heavy (non-hydrogen) atoms. The van der Waals surface area contributed by atoms with E-state index in [0.717, 1.165) is 0 Å². The van der Waals surface area contributed by atoms with Crippen LogP contribution in [-0.2, 0) is 4.79 Å². The van der Waals surface area contributed by atoms with Crippen molar-refractivity contribution in [2.75, 3.05) is 7.11 Å². The number of hydrogen-bond donors (Lipinski definition) is 0. The van der Waals surface area contributed by atoms with Crippen LogP contribution in [0.5, 0.6) is 5.75 Å². The number of benzene rings is 1. The first-order valence-electron chi connectivity index (χ1n) is 6.07. The molecule has 0 spiro atoms. The van der Waals surface area contributed by atoms with Crippen molar-refractivity contribution in [2.24, 2.45) is 5.92 Å². The van der Waals surface area contributed by atoms with E-state index in [9.17, 15) is 14.9 Å². The van der Waals surface area contributed by atoms with E-state index < -0.39 is 4.92 Å². The summed E-state index contributed by atoms with van der Waals surface area (Å²) in [6.45, 7) is 1.97. The summed E-state index contributed by atoms with van der Waals surface area (Å²) in [4.78, 5) is 22.3. The summed E-state index contributed by atoms with van der Waals surface area (Å²) in [5.74, 6) is 0.774. The van der Waals surface area contributed by atoms with Crippen molar-refractivity contribution in [3.63, 3.8) is 0 Å². The van der Waals surface area contributed by atoms with Gasteiger partial charge in [-0.3, -0.25) is 14.9 Å². The Labute approximate surface area is 111 Å². The summed E-state index contributed by atoms with van der Waals surface area (Å²) >= 11 is 0. The summed E-state index contributed by atoms with van der Waals surface area (Å²) < 4.78 is 5.10. The summed E-state index contributed by atoms with van der Waals surface area (Å²) in [6, 6.07) is 4.59. The average Bonchev–Trinajstić information content (AvgIpc) is 2.36. The molecule has 0 saturated carbocycles. The van der Waals surface area contributed by atoms with Crippen LogP contribution in [0.4, 0.5) is 5.69 Å². The molecule has 5 heteroatoms. The number of hydrogen-bond acceptors (Lipinski definition) is 4. The second-order valence-corrected chi connectivity index (χ2v) is 4.79. The highest BCUT2D eigenvalue weighted by molar-refractivity contribution is 5.99. The third kappa shape index (κ3) is 2.81. The first kappa shape index (κ1) is 13.3. The molecule has 1 unspecified atom stereocenters. The number of rotatable bonds is 3. The van der Waals surface area contributed by atoms with Gasteiger partial charge in [-0.25, -0.2) is 0 Å². The summed E-state index contributed by atoms with van der Waals surface area (Å²) in [5.41, 5.74) is 1.20. The van der Waals surface area contributed by atoms with Gasteiger partial charge in [-0.15, -0.1) is 0 Å². The molecule has 0 radical (unpaired) electrons. The number of allylic oxidation sites excluding steroid dienone is 2. The zero-order valence-corrected chi connectivity index (χ0v) is 10.9. The van der Waals surface area contributed by atoms with Crippen molar-refractivity contribution < 1.29 is 14.5 Å². The van der Waals surface area contributed by atoms with Crippen LogP contribution in [0.3, 0.4) is 0 Å². The van der Waals surface area contributed by atoms with E-state index in [0.29, 0.717) is 29.7 Å². The van der Waals surface area contributed by atoms with E-state index in [1.165, 1.54) is 19.3 Å². The van der Waals surface area contributed by atoms with Gasteiger partial charge in [0.25, 0.3) is 5.69 Å². The van der Waals surface area contributed by atoms with Crippen LogP contribution in [0.2, 0.25) is 0 Å². The summed E-state index contributed by atoms with van der Waals surface area (Å²) in [6.07, 6.45) is 2.68. The van der Waals surface area contributed by atoms with Crippen molar-refractivity contribution in [3.05, 3.63) is 40.0 Å². The molecule has 1 atom stereocenters. The molecule has 0 amide bonds. The molecule has 0 bridgehead atoms. The van der Waals surface area contributed by atoms with Gasteiger partial charge in [-0.2, -0.15) is 0 Å². The summed E-state index contributed by atoms with van der Waals surface area (Å²) in [5, 5.41) is 11.1. The lowest BCUT2D eigenvalue weighted by atomic mass is 9.85. The Morgan fingerprint density at radius 2 is 2.11 bits per heavy atom. The smallest absolute Gasteiger partial charge is 0.277 e. The normalized spacial score (nSPS) is 18.9. The minimum atomic E-state index is -0.431. The first-order chi connectivity index (χ1) is 9.01. The third-order valence-corrected chi connectivity index (χ3v) is 3.20. The van der Waals surface area contributed by atoms with Crippen LogP contribution in [0.15, 0.2) is 24.3 Å². The molecule has 100 valence electrons. The number of carbonyl (C=O) groups is 1. The van der Waals surface area contributed by atoms with Gasteiger partial charge in [0.05, 0.1) is 17.6 Å². The highest BCUT2D eigenvalue weighted by Crippen LogP contribution is 2.36. The fraction of sp³-hybridized carbons (Fsp3) is 0.357. The molecule has 0 saturated heterocycles. The van der Waals surface area contributed by atoms with Crippen LogP contribution >= 0.6 is 0 Å². The molecule has 0 N–H and O–H groups in total. The maximum atomic E-state index is 11.6. The number of nitrogens with zero attached hydrogens (tertiary/aromatic N) is 1. The molecule has 0 heterocycles. The standard InChI is InChI=1S/C14H15NO4/c1-9-5-10(7-11(16)6-9)13-8-12(19-2)3-4-14(13)15(17)18/h3-4,7-9H,5-6H2,1-2H3. The fourth-order valence-electron chi connectivity index (χ4n) is 2.35. The molecule has 0 fully saturated rings. The van der Waals surface area contributed by atoms with E-state index in [4.69, 9.17) is 4.74 Å². The van der Waals surface area contributed by atoms with Crippen LogP contribution in [0.1, 0.15) is 25.3 Å². The Morgan fingerprint density at radius 1 is 1.37 bits per heavy atom. The Bertz CT molecular complexity index is 563. The molecular formula is C14H15NO4. The zero-order valence-electron chi connectivity index (χ0n) is 10.9. The topological polar surface area (TPSA) is 69.4 Å². The number of nitro groups is 1. The fourth-order valence-corrected chi connectivity index (χ4v) is 2.35. The largest absolute Gasteiger partial charge is 0.497 e. The van der Waals surface area contributed by atoms with Crippen LogP contribution in [0, 0.1) is 16.0 Å². The van der Waals surface area contributed by atoms with E-state index in [1.54, 1.807) is 12.1 Å². The zero-order chi connectivity index (χ0) is 14.0. The maximum absolute atomic E-state index is 11.6. The van der Waals surface area contributed by atoms with E-state index in [2.05, 4.69) is 0 Å². The van der Waals surface area contributed by atoms with Gasteiger partial charge in [0, 0.05) is 12.5 Å². The van der Waals surface area contributed by atoms with Gasteiger partial charge in [0.15, 0.2) is 5.78 Å². The lowest BCUT2D eigenvalue weighted by Gasteiger charge is -2.18. The van der Waals surface area contributed by atoms with Gasteiger partial charge >= 0.3 is 0 Å². The molecule has 5 nitrogen and oxygen atoms in total. The molecule has 1 aromatic rings. The Kier molecular flexibility index (Phi) is 3.64. The predicted molar refractivity (Wildman–Crippen MR) is 71.0 cm³/mol. The second kappa shape index (κ2) is 5.22. The highest BCUT2D eigenvalue weighted by Gasteiger charge is 2.24.